The smallest absolute Gasteiger partial charge is 0.322 e. The summed E-state index contributed by atoms with van der Waals surface area (Å²) < 4.78 is 31.8. The van der Waals surface area contributed by atoms with Gasteiger partial charge in [0.15, 0.2) is 0 Å². The second-order valence-corrected chi connectivity index (χ2v) is 5.29. The topological polar surface area (TPSA) is 68.0 Å². The second kappa shape index (κ2) is 6.19. The van der Waals surface area contributed by atoms with E-state index in [1.165, 1.54) is 0 Å². The number of benzene rings is 2. The van der Waals surface area contributed by atoms with Gasteiger partial charge in [0.2, 0.25) is 5.89 Å². The van der Waals surface area contributed by atoms with Gasteiger partial charge in [0.25, 0.3) is 5.91 Å². The quantitative estimate of drug-likeness (QED) is 0.792. The molecule has 0 fully saturated rings. The molecule has 0 bridgehead atoms. The van der Waals surface area contributed by atoms with Crippen molar-refractivity contribution in [3.05, 3.63) is 64.7 Å². The normalized spacial score (nSPS) is 10.7. The van der Waals surface area contributed by atoms with Gasteiger partial charge in [-0.2, -0.15) is 0 Å². The minimum Gasteiger partial charge on any atom is -0.403 e. The van der Waals surface area contributed by atoms with Crippen LogP contribution in [0.15, 0.2) is 40.8 Å². The van der Waals surface area contributed by atoms with E-state index >= 15 is 0 Å². The molecule has 0 atom stereocenters. The van der Waals surface area contributed by atoms with E-state index in [1.54, 1.807) is 0 Å². The molecule has 0 spiro atoms. The highest BCUT2D eigenvalue weighted by Crippen LogP contribution is 2.22. The average Bonchev–Trinajstić information content (AvgIpc) is 2.98. The van der Waals surface area contributed by atoms with Crippen LogP contribution in [0.5, 0.6) is 0 Å². The van der Waals surface area contributed by atoms with E-state index < -0.39 is 17.5 Å². The zero-order chi connectivity index (χ0) is 17.3. The van der Waals surface area contributed by atoms with Crippen LogP contribution in [0.1, 0.15) is 21.5 Å². The second-order valence-electron chi connectivity index (χ2n) is 5.29. The van der Waals surface area contributed by atoms with Crippen molar-refractivity contribution in [2.45, 2.75) is 13.8 Å². The highest BCUT2D eigenvalue weighted by atomic mass is 19.1. The SMILES string of the molecule is Cc1ccc(-c2nnc(NC(=O)c3ccc(F)cc3F)o2)cc1C. The first-order valence-corrected chi connectivity index (χ1v) is 7.11. The standard InChI is InChI=1S/C17H13F2N3O2/c1-9-3-4-11(7-10(9)2)16-21-22-17(24-16)20-15(23)13-6-5-12(18)8-14(13)19/h3-8H,1-2H3,(H,20,22,23). The number of nitrogens with one attached hydrogen (secondary N) is 1. The fraction of sp³-hybridized carbons (Fsp3) is 0.118. The molecule has 0 radical (unpaired) electrons. The minimum absolute atomic E-state index is 0.169. The Morgan fingerprint density at radius 3 is 2.54 bits per heavy atom. The van der Waals surface area contributed by atoms with Crippen molar-refractivity contribution < 1.29 is 18.0 Å². The predicted molar refractivity (Wildman–Crippen MR) is 83.5 cm³/mol. The largest absolute Gasteiger partial charge is 0.403 e. The van der Waals surface area contributed by atoms with Gasteiger partial charge in [-0.3, -0.25) is 10.1 Å². The van der Waals surface area contributed by atoms with Crippen molar-refractivity contribution in [1.82, 2.24) is 10.2 Å². The van der Waals surface area contributed by atoms with Crippen LogP contribution < -0.4 is 5.32 Å². The molecule has 1 aromatic heterocycles. The summed E-state index contributed by atoms with van der Waals surface area (Å²) in [6.07, 6.45) is 0. The molecular formula is C17H13F2N3O2. The third-order valence-corrected chi connectivity index (χ3v) is 3.58. The van der Waals surface area contributed by atoms with Crippen LogP contribution in [0.2, 0.25) is 0 Å². The molecule has 0 aliphatic rings. The van der Waals surface area contributed by atoms with E-state index in [-0.39, 0.29) is 17.5 Å². The number of rotatable bonds is 3. The van der Waals surface area contributed by atoms with Crippen LogP contribution in [0, 0.1) is 25.5 Å². The van der Waals surface area contributed by atoms with Gasteiger partial charge in [0.1, 0.15) is 11.6 Å². The van der Waals surface area contributed by atoms with Gasteiger partial charge < -0.3 is 4.42 Å². The van der Waals surface area contributed by atoms with Crippen molar-refractivity contribution in [2.75, 3.05) is 5.32 Å². The lowest BCUT2D eigenvalue weighted by molar-refractivity contribution is 0.102. The third kappa shape index (κ3) is 3.15. The molecule has 3 aromatic rings. The summed E-state index contributed by atoms with van der Waals surface area (Å²) in [4.78, 5) is 12.0. The van der Waals surface area contributed by atoms with Crippen LogP contribution >= 0.6 is 0 Å². The van der Waals surface area contributed by atoms with Gasteiger partial charge in [-0.05, 0) is 49.2 Å². The molecule has 1 heterocycles. The average molecular weight is 329 g/mol. The summed E-state index contributed by atoms with van der Waals surface area (Å²) in [5.74, 6) is -2.31. The van der Waals surface area contributed by atoms with E-state index in [2.05, 4.69) is 15.5 Å². The summed E-state index contributed by atoms with van der Waals surface area (Å²) in [6, 6.07) is 8.11. The van der Waals surface area contributed by atoms with Crippen LogP contribution in [-0.4, -0.2) is 16.1 Å². The number of carbonyl (C=O) groups excluding carboxylic acids is 1. The maximum absolute atomic E-state index is 13.6. The number of halogens is 2. The molecule has 0 aliphatic heterocycles. The number of carbonyl (C=O) groups is 1. The summed E-state index contributed by atoms with van der Waals surface area (Å²) in [5.41, 5.74) is 2.57. The monoisotopic (exact) mass is 329 g/mol. The lowest BCUT2D eigenvalue weighted by Crippen LogP contribution is -2.14. The van der Waals surface area contributed by atoms with Crippen LogP contribution in [-0.2, 0) is 0 Å². The molecule has 0 unspecified atom stereocenters. The van der Waals surface area contributed by atoms with Crippen molar-refractivity contribution in [3.63, 3.8) is 0 Å². The van der Waals surface area contributed by atoms with E-state index in [0.29, 0.717) is 11.6 Å². The van der Waals surface area contributed by atoms with E-state index in [1.807, 2.05) is 32.0 Å². The first kappa shape index (κ1) is 15.8. The molecular weight excluding hydrogens is 316 g/mol. The van der Waals surface area contributed by atoms with E-state index in [0.717, 1.165) is 23.3 Å². The predicted octanol–water partition coefficient (Wildman–Crippen LogP) is 3.88. The Bertz CT molecular complexity index is 922. The Balaban J connectivity index is 1.80. The Hall–Kier alpha value is -3.09. The number of hydrogen-bond donors (Lipinski definition) is 1. The Morgan fingerprint density at radius 2 is 1.83 bits per heavy atom. The third-order valence-electron chi connectivity index (χ3n) is 3.58. The van der Waals surface area contributed by atoms with Crippen molar-refractivity contribution in [3.8, 4) is 11.5 Å². The number of nitrogens with zero attached hydrogens (tertiary/aromatic N) is 2. The molecule has 0 saturated carbocycles. The molecule has 24 heavy (non-hydrogen) atoms. The first-order chi connectivity index (χ1) is 11.4. The minimum atomic E-state index is -0.971. The highest BCUT2D eigenvalue weighted by Gasteiger charge is 2.16. The number of amides is 1. The molecule has 0 aliphatic carbocycles. The Kier molecular flexibility index (Phi) is 4.07. The van der Waals surface area contributed by atoms with Gasteiger partial charge in [0.05, 0.1) is 5.56 Å². The molecule has 122 valence electrons. The number of aryl methyl sites for hydroxylation is 2. The number of hydrogen-bond acceptors (Lipinski definition) is 4. The molecule has 3 rings (SSSR count). The maximum atomic E-state index is 13.6. The number of aromatic nitrogens is 2. The fourth-order valence-electron chi connectivity index (χ4n) is 2.10. The zero-order valence-electron chi connectivity index (χ0n) is 12.9. The van der Waals surface area contributed by atoms with Gasteiger partial charge in [-0.1, -0.05) is 11.2 Å². The highest BCUT2D eigenvalue weighted by molar-refractivity contribution is 6.03. The van der Waals surface area contributed by atoms with Gasteiger partial charge >= 0.3 is 6.01 Å². The lowest BCUT2D eigenvalue weighted by Gasteiger charge is -2.02. The van der Waals surface area contributed by atoms with Crippen LogP contribution in [0.3, 0.4) is 0 Å². The van der Waals surface area contributed by atoms with Gasteiger partial charge in [0, 0.05) is 11.6 Å². The van der Waals surface area contributed by atoms with Gasteiger partial charge in [-0.15, -0.1) is 5.10 Å². The van der Waals surface area contributed by atoms with E-state index in [9.17, 15) is 13.6 Å². The van der Waals surface area contributed by atoms with Crippen LogP contribution in [0.25, 0.3) is 11.5 Å². The molecule has 1 N–H and O–H groups in total. The maximum Gasteiger partial charge on any atom is 0.322 e. The molecule has 1 amide bonds. The van der Waals surface area contributed by atoms with E-state index in [4.69, 9.17) is 4.42 Å². The van der Waals surface area contributed by atoms with Crippen molar-refractivity contribution in [1.29, 1.82) is 0 Å². The lowest BCUT2D eigenvalue weighted by atomic mass is 10.1. The van der Waals surface area contributed by atoms with Crippen LogP contribution in [0.4, 0.5) is 14.8 Å². The van der Waals surface area contributed by atoms with Crippen molar-refractivity contribution >= 4 is 11.9 Å². The molecule has 5 nitrogen and oxygen atoms in total. The number of anilines is 1. The summed E-state index contributed by atoms with van der Waals surface area (Å²) in [7, 11) is 0. The summed E-state index contributed by atoms with van der Waals surface area (Å²) >= 11 is 0. The Labute approximate surface area is 136 Å². The molecule has 0 saturated heterocycles. The first-order valence-electron chi connectivity index (χ1n) is 7.11. The molecule has 2 aromatic carbocycles. The Morgan fingerprint density at radius 1 is 1.04 bits per heavy atom. The van der Waals surface area contributed by atoms with Crippen molar-refractivity contribution in [2.24, 2.45) is 0 Å². The van der Waals surface area contributed by atoms with Gasteiger partial charge in [-0.25, -0.2) is 8.78 Å². The summed E-state index contributed by atoms with van der Waals surface area (Å²) in [5, 5.41) is 9.86. The molecule has 7 heteroatoms. The fourth-order valence-corrected chi connectivity index (χ4v) is 2.10. The summed E-state index contributed by atoms with van der Waals surface area (Å²) in [6.45, 7) is 3.94. The zero-order valence-corrected chi connectivity index (χ0v) is 12.9.